The van der Waals surface area contributed by atoms with E-state index in [1.807, 2.05) is 13.0 Å². The minimum atomic E-state index is -0.608. The van der Waals surface area contributed by atoms with Gasteiger partial charge in [0.25, 0.3) is 0 Å². The average molecular weight is 534 g/mol. The van der Waals surface area contributed by atoms with Crippen molar-refractivity contribution in [3.8, 4) is 5.69 Å². The van der Waals surface area contributed by atoms with Crippen LogP contribution in [-0.4, -0.2) is 25.6 Å². The number of Topliss-reactive ketones (excluding diaryl/α,β-unsaturated/α-hetero) is 1. The number of carbonyl (C=O) groups excluding carboxylic acids is 1. The van der Waals surface area contributed by atoms with Gasteiger partial charge in [-0.05, 0) is 84.8 Å². The summed E-state index contributed by atoms with van der Waals surface area (Å²) in [7, 11) is 0. The Bertz CT molecular complexity index is 1140. The van der Waals surface area contributed by atoms with Gasteiger partial charge < -0.3 is 4.57 Å². The molecule has 8 heteroatoms. The summed E-state index contributed by atoms with van der Waals surface area (Å²) in [6.45, 7) is 6.13. The molecule has 1 atom stereocenters. The van der Waals surface area contributed by atoms with Gasteiger partial charge in [0.1, 0.15) is 15.9 Å². The number of benzene rings is 1. The fourth-order valence-corrected chi connectivity index (χ4v) is 5.71. The van der Waals surface area contributed by atoms with Gasteiger partial charge in [-0.2, -0.15) is 0 Å². The lowest BCUT2D eigenvalue weighted by atomic mass is 10.1. The summed E-state index contributed by atoms with van der Waals surface area (Å²) < 4.78 is 3.38. The summed E-state index contributed by atoms with van der Waals surface area (Å²) in [5.74, 6) is -0.665. The van der Waals surface area contributed by atoms with Gasteiger partial charge >= 0.3 is 0 Å². The molecule has 3 heterocycles. The first-order valence-electron chi connectivity index (χ1n) is 9.18. The Balaban J connectivity index is 1.68. The zero-order chi connectivity index (χ0) is 20.7. The van der Waals surface area contributed by atoms with Crippen molar-refractivity contribution < 1.29 is 4.79 Å². The highest BCUT2D eigenvalue weighted by Crippen LogP contribution is 2.42. The number of hydrogen-bond acceptors (Lipinski definition) is 6. The summed E-state index contributed by atoms with van der Waals surface area (Å²) in [4.78, 5) is 13.6. The van der Waals surface area contributed by atoms with Gasteiger partial charge in [0.05, 0.1) is 9.95 Å². The average Bonchev–Trinajstić information content (AvgIpc) is 3.34. The van der Waals surface area contributed by atoms with Crippen molar-refractivity contribution in [2.75, 3.05) is 0 Å². The maximum Gasteiger partial charge on any atom is 0.186 e. The molecule has 0 bridgehead atoms. The van der Waals surface area contributed by atoms with Gasteiger partial charge in [0.15, 0.2) is 5.78 Å². The van der Waals surface area contributed by atoms with Crippen LogP contribution in [0.5, 0.6) is 0 Å². The minimum Gasteiger partial charge on any atom is -0.318 e. The van der Waals surface area contributed by atoms with Crippen molar-refractivity contribution >= 4 is 62.6 Å². The number of aromatic nitrogens is 3. The number of nitrogens with zero attached hydrogens (tertiary/aromatic N) is 3. The zero-order valence-corrected chi connectivity index (χ0v) is 20.0. The monoisotopic (exact) mass is 534 g/mol. The Morgan fingerprint density at radius 3 is 2.62 bits per heavy atom. The Morgan fingerprint density at radius 1 is 1.24 bits per heavy atom. The van der Waals surface area contributed by atoms with Crippen LogP contribution in [0.2, 0.25) is 0 Å². The predicted molar refractivity (Wildman–Crippen MR) is 128 cm³/mol. The molecule has 1 aromatic carbocycles. The maximum atomic E-state index is 13.0. The zero-order valence-electron chi connectivity index (χ0n) is 16.2. The first-order chi connectivity index (χ1) is 13.9. The number of halogens is 1. The molecule has 0 radical (unpaired) electrons. The highest BCUT2D eigenvalue weighted by atomic mass is 127. The van der Waals surface area contributed by atoms with Crippen molar-refractivity contribution in [3.05, 3.63) is 65.8 Å². The number of carbonyl (C=O) groups is 1. The molecule has 1 aliphatic rings. The Labute approximate surface area is 191 Å². The van der Waals surface area contributed by atoms with Crippen LogP contribution in [0, 0.1) is 22.8 Å². The molecule has 0 saturated carbocycles. The third-order valence-corrected chi connectivity index (χ3v) is 7.71. The van der Waals surface area contributed by atoms with Crippen LogP contribution in [0.1, 0.15) is 39.8 Å². The van der Waals surface area contributed by atoms with E-state index >= 15 is 0 Å². The lowest BCUT2D eigenvalue weighted by Gasteiger charge is -2.09. The van der Waals surface area contributed by atoms with Crippen LogP contribution < -0.4 is 0 Å². The molecule has 3 aromatic rings. The van der Waals surface area contributed by atoms with Crippen molar-refractivity contribution in [1.82, 2.24) is 14.8 Å². The fraction of sp³-hybridized carbons (Fsp3) is 0.238. The van der Waals surface area contributed by atoms with Crippen LogP contribution >= 0.6 is 45.7 Å². The summed E-state index contributed by atoms with van der Waals surface area (Å²) >= 11 is 4.96. The molecule has 0 unspecified atom stereocenters. The molecule has 148 valence electrons. The first-order valence-corrected chi connectivity index (χ1v) is 11.9. The van der Waals surface area contributed by atoms with Crippen molar-refractivity contribution in [2.24, 2.45) is 0 Å². The summed E-state index contributed by atoms with van der Waals surface area (Å²) in [6, 6.07) is 10.5. The Morgan fingerprint density at radius 2 is 1.97 bits per heavy atom. The standard InChI is InChI=1S/C21H19IN4OS2/c1-4-17-24-25-21(29-17)18-19(27)16(28-20(18)23)10-13-9-11(2)26(12(13)3)15-7-5-14(22)6-8-15/h5-10,18,23H,4H2,1-3H3/b16-10-,23-20?/t18-/m0/s1. The molecule has 5 nitrogen and oxygen atoms in total. The van der Waals surface area contributed by atoms with E-state index in [4.69, 9.17) is 5.41 Å². The molecule has 0 spiro atoms. The number of rotatable bonds is 4. The van der Waals surface area contributed by atoms with E-state index in [1.165, 1.54) is 26.7 Å². The Kier molecular flexibility index (Phi) is 5.76. The molecule has 1 N–H and O–H groups in total. The van der Waals surface area contributed by atoms with E-state index < -0.39 is 5.92 Å². The van der Waals surface area contributed by atoms with Crippen LogP contribution in [-0.2, 0) is 11.2 Å². The third-order valence-electron chi connectivity index (χ3n) is 4.86. The van der Waals surface area contributed by atoms with Crippen LogP contribution in [0.4, 0.5) is 0 Å². The lowest BCUT2D eigenvalue weighted by molar-refractivity contribution is -0.114. The number of aryl methyl sites for hydroxylation is 2. The predicted octanol–water partition coefficient (Wildman–Crippen LogP) is 5.53. The van der Waals surface area contributed by atoms with Gasteiger partial charge in [-0.3, -0.25) is 10.2 Å². The second kappa shape index (κ2) is 8.16. The highest BCUT2D eigenvalue weighted by molar-refractivity contribution is 14.1. The van der Waals surface area contributed by atoms with E-state index in [0.717, 1.165) is 34.1 Å². The molecule has 1 aliphatic heterocycles. The molecular weight excluding hydrogens is 515 g/mol. The molecular formula is C21H19IN4OS2. The molecule has 1 fully saturated rings. The van der Waals surface area contributed by atoms with Crippen LogP contribution in [0.15, 0.2) is 35.2 Å². The number of hydrogen-bond donors (Lipinski definition) is 1. The quantitative estimate of drug-likeness (QED) is 0.353. The molecule has 1 saturated heterocycles. The van der Waals surface area contributed by atoms with E-state index in [1.54, 1.807) is 0 Å². The summed E-state index contributed by atoms with van der Waals surface area (Å²) in [5.41, 5.74) is 4.28. The van der Waals surface area contributed by atoms with E-state index in [-0.39, 0.29) is 5.78 Å². The smallest absolute Gasteiger partial charge is 0.186 e. The van der Waals surface area contributed by atoms with Crippen LogP contribution in [0.25, 0.3) is 11.8 Å². The summed E-state index contributed by atoms with van der Waals surface area (Å²) in [6.07, 6.45) is 2.70. The van der Waals surface area contributed by atoms with Crippen LogP contribution in [0.3, 0.4) is 0 Å². The minimum absolute atomic E-state index is 0.0575. The van der Waals surface area contributed by atoms with Crippen molar-refractivity contribution in [1.29, 1.82) is 5.41 Å². The van der Waals surface area contributed by atoms with Gasteiger partial charge in [-0.1, -0.05) is 18.7 Å². The van der Waals surface area contributed by atoms with Gasteiger partial charge in [-0.25, -0.2) is 0 Å². The lowest BCUT2D eigenvalue weighted by Crippen LogP contribution is -2.11. The normalized spacial score (nSPS) is 18.2. The van der Waals surface area contributed by atoms with Crippen molar-refractivity contribution in [2.45, 2.75) is 33.1 Å². The molecule has 29 heavy (non-hydrogen) atoms. The van der Waals surface area contributed by atoms with E-state index in [9.17, 15) is 4.79 Å². The van der Waals surface area contributed by atoms with Gasteiger partial charge in [0, 0.05) is 20.6 Å². The summed E-state index contributed by atoms with van der Waals surface area (Å²) in [5, 5.41) is 18.4. The van der Waals surface area contributed by atoms with Gasteiger partial charge in [-0.15, -0.1) is 21.5 Å². The maximum absolute atomic E-state index is 13.0. The largest absolute Gasteiger partial charge is 0.318 e. The molecule has 0 aliphatic carbocycles. The van der Waals surface area contributed by atoms with E-state index in [2.05, 4.69) is 81.5 Å². The number of thioether (sulfide) groups is 1. The molecule has 2 aromatic heterocycles. The Hall–Kier alpha value is -1.78. The SMILES string of the molecule is CCc1nnc([C@@H]2C(=N)S/C(=C\c3cc(C)n(-c4ccc(I)cc4)c3C)C2=O)s1. The van der Waals surface area contributed by atoms with E-state index in [0.29, 0.717) is 15.0 Å². The number of allylic oxidation sites excluding steroid dienone is 1. The number of ketones is 1. The second-order valence-electron chi connectivity index (χ2n) is 6.80. The third kappa shape index (κ3) is 3.85. The highest BCUT2D eigenvalue weighted by Gasteiger charge is 2.39. The first kappa shape index (κ1) is 20.5. The van der Waals surface area contributed by atoms with Gasteiger partial charge in [0.2, 0.25) is 0 Å². The topological polar surface area (TPSA) is 71.6 Å². The second-order valence-corrected chi connectivity index (χ2v) is 10.2. The number of nitrogens with one attached hydrogen (secondary N) is 1. The van der Waals surface area contributed by atoms with Crippen molar-refractivity contribution in [3.63, 3.8) is 0 Å². The molecule has 0 amide bonds. The molecule has 4 rings (SSSR count). The fourth-order valence-electron chi connectivity index (χ4n) is 3.40.